The topological polar surface area (TPSA) is 67.4 Å². The highest BCUT2D eigenvalue weighted by molar-refractivity contribution is 14.0. The molecule has 0 radical (unpaired) electrons. The Kier molecular flexibility index (Phi) is 12.1. The molecule has 1 aliphatic heterocycles. The first-order valence-electron chi connectivity index (χ1n) is 9.08. The molecular formula is C18H29F2IN4O3. The van der Waals surface area contributed by atoms with E-state index in [9.17, 15) is 8.78 Å². The van der Waals surface area contributed by atoms with Crippen LogP contribution in [0.25, 0.3) is 0 Å². The first-order valence-corrected chi connectivity index (χ1v) is 9.08. The number of benzene rings is 1. The van der Waals surface area contributed by atoms with Gasteiger partial charge in [0, 0.05) is 45.3 Å². The number of nitrogens with zero attached hydrogens (tertiary/aromatic N) is 2. The fourth-order valence-electron chi connectivity index (χ4n) is 2.75. The predicted molar refractivity (Wildman–Crippen MR) is 115 cm³/mol. The summed E-state index contributed by atoms with van der Waals surface area (Å²) in [5, 5.41) is 6.34. The molecule has 0 amide bonds. The number of nitrogens with one attached hydrogen (secondary N) is 2. The van der Waals surface area contributed by atoms with E-state index in [4.69, 9.17) is 9.47 Å². The van der Waals surface area contributed by atoms with Gasteiger partial charge in [-0.15, -0.1) is 24.0 Å². The van der Waals surface area contributed by atoms with Gasteiger partial charge in [-0.05, 0) is 13.0 Å². The molecule has 1 fully saturated rings. The molecule has 28 heavy (non-hydrogen) atoms. The second-order valence-corrected chi connectivity index (χ2v) is 5.86. The van der Waals surface area contributed by atoms with Crippen molar-refractivity contribution in [3.63, 3.8) is 0 Å². The monoisotopic (exact) mass is 514 g/mol. The highest BCUT2D eigenvalue weighted by Crippen LogP contribution is 2.32. The summed E-state index contributed by atoms with van der Waals surface area (Å²) >= 11 is 0. The minimum absolute atomic E-state index is 0. The van der Waals surface area contributed by atoms with E-state index >= 15 is 0 Å². The van der Waals surface area contributed by atoms with Gasteiger partial charge in [0.05, 0.1) is 19.8 Å². The average Bonchev–Trinajstić information content (AvgIpc) is 2.67. The van der Waals surface area contributed by atoms with E-state index in [-0.39, 0.29) is 36.3 Å². The van der Waals surface area contributed by atoms with Crippen molar-refractivity contribution in [2.24, 2.45) is 4.99 Å². The van der Waals surface area contributed by atoms with Crippen molar-refractivity contribution in [1.82, 2.24) is 15.5 Å². The summed E-state index contributed by atoms with van der Waals surface area (Å²) in [5.74, 6) is 0.936. The Labute approximate surface area is 181 Å². The van der Waals surface area contributed by atoms with Crippen LogP contribution in [0, 0.1) is 0 Å². The number of aliphatic imine (C=N–C) groups is 1. The van der Waals surface area contributed by atoms with Crippen molar-refractivity contribution in [3.8, 4) is 11.5 Å². The Bertz CT molecular complexity index is 602. The summed E-state index contributed by atoms with van der Waals surface area (Å²) in [7, 11) is 1.66. The Morgan fingerprint density at radius 3 is 2.68 bits per heavy atom. The smallest absolute Gasteiger partial charge is 0.387 e. The van der Waals surface area contributed by atoms with Gasteiger partial charge >= 0.3 is 6.61 Å². The molecule has 1 aromatic rings. The fraction of sp³-hybridized carbons (Fsp3) is 0.611. The summed E-state index contributed by atoms with van der Waals surface area (Å²) in [4.78, 5) is 6.48. The van der Waals surface area contributed by atoms with Crippen LogP contribution in [0.4, 0.5) is 8.78 Å². The van der Waals surface area contributed by atoms with E-state index < -0.39 is 6.61 Å². The van der Waals surface area contributed by atoms with Crippen molar-refractivity contribution in [2.45, 2.75) is 20.1 Å². The highest BCUT2D eigenvalue weighted by Gasteiger charge is 2.16. The molecule has 0 unspecified atom stereocenters. The number of guanidine groups is 1. The van der Waals surface area contributed by atoms with E-state index in [1.165, 1.54) is 0 Å². The lowest BCUT2D eigenvalue weighted by Crippen LogP contribution is -2.44. The molecule has 7 nitrogen and oxygen atoms in total. The largest absolute Gasteiger partial charge is 0.490 e. The molecule has 0 bridgehead atoms. The second-order valence-electron chi connectivity index (χ2n) is 5.86. The predicted octanol–water partition coefficient (Wildman–Crippen LogP) is 2.30. The molecule has 1 heterocycles. The molecule has 1 aliphatic rings. The Morgan fingerprint density at radius 2 is 2.04 bits per heavy atom. The fourth-order valence-corrected chi connectivity index (χ4v) is 2.75. The molecule has 0 saturated carbocycles. The van der Waals surface area contributed by atoms with Crippen LogP contribution in [-0.2, 0) is 11.3 Å². The van der Waals surface area contributed by atoms with Gasteiger partial charge in [-0.2, -0.15) is 8.78 Å². The zero-order chi connectivity index (χ0) is 19.5. The number of rotatable bonds is 9. The molecule has 160 valence electrons. The summed E-state index contributed by atoms with van der Waals surface area (Å²) in [6.45, 7) is 4.47. The van der Waals surface area contributed by atoms with Gasteiger partial charge in [0.25, 0.3) is 0 Å². The average molecular weight is 514 g/mol. The third kappa shape index (κ3) is 8.31. The summed E-state index contributed by atoms with van der Waals surface area (Å²) in [5.41, 5.74) is 0.567. The second kappa shape index (κ2) is 13.7. The van der Waals surface area contributed by atoms with Crippen LogP contribution >= 0.6 is 24.0 Å². The van der Waals surface area contributed by atoms with Crippen molar-refractivity contribution in [3.05, 3.63) is 23.8 Å². The van der Waals surface area contributed by atoms with Gasteiger partial charge in [0.15, 0.2) is 17.5 Å². The van der Waals surface area contributed by atoms with E-state index in [1.54, 1.807) is 32.2 Å². The summed E-state index contributed by atoms with van der Waals surface area (Å²) in [6.07, 6.45) is 0. The maximum atomic E-state index is 12.8. The van der Waals surface area contributed by atoms with Gasteiger partial charge in [-0.25, -0.2) is 0 Å². The third-order valence-corrected chi connectivity index (χ3v) is 4.06. The molecule has 2 N–H and O–H groups in total. The number of hydrogen-bond acceptors (Lipinski definition) is 5. The molecule has 2 rings (SSSR count). The van der Waals surface area contributed by atoms with Crippen LogP contribution in [0.15, 0.2) is 23.2 Å². The number of morpholine rings is 1. The van der Waals surface area contributed by atoms with E-state index in [2.05, 4.69) is 25.3 Å². The Hall–Kier alpha value is -1.40. The zero-order valence-electron chi connectivity index (χ0n) is 16.2. The Balaban J connectivity index is 0.00000392. The quantitative estimate of drug-likeness (QED) is 0.300. The van der Waals surface area contributed by atoms with Gasteiger partial charge in [0.1, 0.15) is 0 Å². The molecule has 0 atom stereocenters. The zero-order valence-corrected chi connectivity index (χ0v) is 18.6. The van der Waals surface area contributed by atoms with Gasteiger partial charge in [0.2, 0.25) is 0 Å². The van der Waals surface area contributed by atoms with Crippen molar-refractivity contribution < 1.29 is 23.0 Å². The maximum Gasteiger partial charge on any atom is 0.387 e. The SMILES string of the molecule is CCOc1cccc(CNC(=NC)NCCN2CCOCC2)c1OC(F)F.I. The first kappa shape index (κ1) is 24.6. The van der Waals surface area contributed by atoms with E-state index in [0.717, 1.165) is 39.4 Å². The molecule has 0 spiro atoms. The van der Waals surface area contributed by atoms with Crippen LogP contribution in [0.2, 0.25) is 0 Å². The lowest BCUT2D eigenvalue weighted by molar-refractivity contribution is -0.0520. The molecular weight excluding hydrogens is 485 g/mol. The number of ether oxygens (including phenoxy) is 3. The van der Waals surface area contributed by atoms with E-state index in [1.807, 2.05) is 0 Å². The lowest BCUT2D eigenvalue weighted by Gasteiger charge is -2.26. The maximum absolute atomic E-state index is 12.8. The van der Waals surface area contributed by atoms with Crippen molar-refractivity contribution in [2.75, 3.05) is 53.0 Å². The third-order valence-electron chi connectivity index (χ3n) is 4.06. The standard InChI is InChI=1S/C18H28F2N4O3.HI/c1-3-26-15-6-4-5-14(16(15)27-17(19)20)13-23-18(21-2)22-7-8-24-9-11-25-12-10-24;/h4-6,17H,3,7-13H2,1-2H3,(H2,21,22,23);1H. The Morgan fingerprint density at radius 1 is 1.29 bits per heavy atom. The molecule has 0 aromatic heterocycles. The molecule has 10 heteroatoms. The lowest BCUT2D eigenvalue weighted by atomic mass is 10.2. The first-order chi connectivity index (χ1) is 13.1. The van der Waals surface area contributed by atoms with Gasteiger partial charge in [-0.1, -0.05) is 12.1 Å². The van der Waals surface area contributed by atoms with Crippen LogP contribution < -0.4 is 20.1 Å². The number of para-hydroxylation sites is 1. The number of halogens is 3. The minimum atomic E-state index is -2.92. The van der Waals surface area contributed by atoms with Crippen LogP contribution in [0.5, 0.6) is 11.5 Å². The summed E-state index contributed by atoms with van der Waals surface area (Å²) < 4.78 is 41.0. The van der Waals surface area contributed by atoms with Gasteiger partial charge < -0.3 is 24.8 Å². The van der Waals surface area contributed by atoms with Gasteiger partial charge in [-0.3, -0.25) is 9.89 Å². The summed E-state index contributed by atoms with van der Waals surface area (Å²) in [6, 6.07) is 5.07. The normalized spacial score (nSPS) is 15.1. The van der Waals surface area contributed by atoms with Crippen molar-refractivity contribution in [1.29, 1.82) is 0 Å². The van der Waals surface area contributed by atoms with Crippen LogP contribution in [0.3, 0.4) is 0 Å². The van der Waals surface area contributed by atoms with Crippen LogP contribution in [0.1, 0.15) is 12.5 Å². The van der Waals surface area contributed by atoms with E-state index in [0.29, 0.717) is 23.9 Å². The molecule has 1 aromatic carbocycles. The van der Waals surface area contributed by atoms with Crippen LogP contribution in [-0.4, -0.2) is 70.5 Å². The van der Waals surface area contributed by atoms with Crippen molar-refractivity contribution >= 4 is 29.9 Å². The molecule has 1 saturated heterocycles. The molecule has 0 aliphatic carbocycles. The number of alkyl halides is 2. The highest BCUT2D eigenvalue weighted by atomic mass is 127. The minimum Gasteiger partial charge on any atom is -0.490 e. The number of hydrogen-bond donors (Lipinski definition) is 2.